The van der Waals surface area contributed by atoms with Crippen LogP contribution in [0.2, 0.25) is 0 Å². The molecule has 0 aliphatic carbocycles. The van der Waals surface area contributed by atoms with Gasteiger partial charge in [-0.3, -0.25) is 0 Å². The highest BCUT2D eigenvalue weighted by Crippen LogP contribution is 2.25. The van der Waals surface area contributed by atoms with Crippen molar-refractivity contribution in [2.75, 3.05) is 0 Å². The maximum Gasteiger partial charge on any atom is 0.579 e. The molecule has 0 saturated carbocycles. The SMILES string of the molecule is CCC(C)(C)O[Si](OC(C)(C)CC)OC(C)(C)CC. The molecule has 19 heavy (non-hydrogen) atoms. The van der Waals surface area contributed by atoms with Crippen molar-refractivity contribution in [1.29, 1.82) is 0 Å². The Kier molecular flexibility index (Phi) is 7.24. The van der Waals surface area contributed by atoms with Crippen LogP contribution in [-0.4, -0.2) is 26.3 Å². The molecule has 0 N–H and O–H groups in total. The van der Waals surface area contributed by atoms with Crippen LogP contribution < -0.4 is 0 Å². The first-order valence-corrected chi connectivity index (χ1v) is 8.63. The van der Waals surface area contributed by atoms with Crippen molar-refractivity contribution in [1.82, 2.24) is 0 Å². The number of hydrogen-bond donors (Lipinski definition) is 0. The van der Waals surface area contributed by atoms with E-state index in [1.807, 2.05) is 0 Å². The maximum atomic E-state index is 6.12. The van der Waals surface area contributed by atoms with Crippen LogP contribution in [0.5, 0.6) is 0 Å². The van der Waals surface area contributed by atoms with Gasteiger partial charge in [0.05, 0.1) is 16.8 Å². The Hall–Kier alpha value is 0.0969. The molecule has 0 saturated heterocycles. The van der Waals surface area contributed by atoms with Gasteiger partial charge in [-0.1, -0.05) is 20.8 Å². The van der Waals surface area contributed by atoms with Crippen LogP contribution in [0.3, 0.4) is 0 Å². The molecule has 0 rings (SSSR count). The first kappa shape index (κ1) is 19.1. The molecule has 0 aromatic heterocycles. The fourth-order valence-corrected chi connectivity index (χ4v) is 2.87. The highest BCUT2D eigenvalue weighted by atomic mass is 28.3. The summed E-state index contributed by atoms with van der Waals surface area (Å²) in [5.74, 6) is 0. The summed E-state index contributed by atoms with van der Waals surface area (Å²) in [6.07, 6.45) is 2.81. The van der Waals surface area contributed by atoms with Gasteiger partial charge in [0.25, 0.3) is 0 Å². The summed E-state index contributed by atoms with van der Waals surface area (Å²) in [5, 5.41) is 0. The highest BCUT2D eigenvalue weighted by molar-refractivity contribution is 6.36. The zero-order valence-electron chi connectivity index (χ0n) is 14.3. The van der Waals surface area contributed by atoms with Crippen LogP contribution in [-0.2, 0) is 13.3 Å². The lowest BCUT2D eigenvalue weighted by Gasteiger charge is -2.36. The molecule has 0 spiro atoms. The summed E-state index contributed by atoms with van der Waals surface area (Å²) < 4.78 is 18.4. The molecule has 0 aromatic rings. The van der Waals surface area contributed by atoms with Gasteiger partial charge in [0.1, 0.15) is 0 Å². The van der Waals surface area contributed by atoms with Crippen molar-refractivity contribution in [2.45, 2.75) is 98.4 Å². The second-order valence-corrected chi connectivity index (χ2v) is 8.01. The molecule has 4 heteroatoms. The lowest BCUT2D eigenvalue weighted by molar-refractivity contribution is -0.0670. The van der Waals surface area contributed by atoms with Crippen molar-refractivity contribution in [3.05, 3.63) is 0 Å². The van der Waals surface area contributed by atoms with Crippen LogP contribution in [0.15, 0.2) is 0 Å². The van der Waals surface area contributed by atoms with Gasteiger partial charge in [-0.2, -0.15) is 0 Å². The molecule has 0 aromatic carbocycles. The maximum absolute atomic E-state index is 6.12. The Morgan fingerprint density at radius 1 is 0.579 bits per heavy atom. The molecular weight excluding hydrogens is 256 g/mol. The average molecular weight is 290 g/mol. The van der Waals surface area contributed by atoms with Crippen molar-refractivity contribution in [2.24, 2.45) is 0 Å². The Labute approximate surface area is 122 Å². The zero-order chi connectivity index (χ0) is 15.3. The van der Waals surface area contributed by atoms with E-state index in [4.69, 9.17) is 13.3 Å². The standard InChI is InChI=1S/C15H33O3Si/c1-10-13(4,5)16-19(17-14(6,7)11-2)18-15(8,9)12-3/h10-12H2,1-9H3. The van der Waals surface area contributed by atoms with Gasteiger partial charge >= 0.3 is 9.53 Å². The first-order chi connectivity index (χ1) is 8.47. The van der Waals surface area contributed by atoms with Crippen LogP contribution >= 0.6 is 0 Å². The van der Waals surface area contributed by atoms with Crippen LogP contribution in [0.4, 0.5) is 0 Å². The van der Waals surface area contributed by atoms with E-state index < -0.39 is 9.53 Å². The third kappa shape index (κ3) is 8.08. The lowest BCUT2D eigenvalue weighted by atomic mass is 10.1. The summed E-state index contributed by atoms with van der Waals surface area (Å²) in [7, 11) is -1.75. The monoisotopic (exact) mass is 289 g/mol. The Morgan fingerprint density at radius 2 is 0.789 bits per heavy atom. The van der Waals surface area contributed by atoms with E-state index in [0.717, 1.165) is 19.3 Å². The van der Waals surface area contributed by atoms with Crippen LogP contribution in [0.1, 0.15) is 81.6 Å². The summed E-state index contributed by atoms with van der Waals surface area (Å²) in [4.78, 5) is 0. The minimum Gasteiger partial charge on any atom is -0.366 e. The second kappa shape index (κ2) is 7.20. The fraction of sp³-hybridized carbons (Fsp3) is 1.00. The molecule has 115 valence electrons. The molecule has 0 heterocycles. The summed E-state index contributed by atoms with van der Waals surface area (Å²) in [5.41, 5.74) is -0.619. The largest absolute Gasteiger partial charge is 0.579 e. The second-order valence-electron chi connectivity index (χ2n) is 6.90. The molecular formula is C15H33O3Si. The molecule has 1 radical (unpaired) electrons. The lowest BCUT2D eigenvalue weighted by Crippen LogP contribution is -2.46. The highest BCUT2D eigenvalue weighted by Gasteiger charge is 2.37. The minimum atomic E-state index is -1.75. The molecule has 0 fully saturated rings. The smallest absolute Gasteiger partial charge is 0.366 e. The Balaban J connectivity index is 4.84. The van der Waals surface area contributed by atoms with Gasteiger partial charge in [-0.05, 0) is 60.8 Å². The number of hydrogen-bond acceptors (Lipinski definition) is 3. The normalized spacial score (nSPS) is 14.2. The van der Waals surface area contributed by atoms with Crippen LogP contribution in [0, 0.1) is 0 Å². The van der Waals surface area contributed by atoms with Crippen LogP contribution in [0.25, 0.3) is 0 Å². The van der Waals surface area contributed by atoms with Crippen molar-refractivity contribution in [3.8, 4) is 0 Å². The van der Waals surface area contributed by atoms with Gasteiger partial charge in [0.2, 0.25) is 0 Å². The molecule has 0 unspecified atom stereocenters. The average Bonchev–Trinajstić information content (AvgIpc) is 2.27. The van der Waals surface area contributed by atoms with E-state index in [2.05, 4.69) is 62.3 Å². The molecule has 0 amide bonds. The van der Waals surface area contributed by atoms with E-state index in [0.29, 0.717) is 0 Å². The zero-order valence-corrected chi connectivity index (χ0v) is 15.3. The van der Waals surface area contributed by atoms with Gasteiger partial charge in [-0.15, -0.1) is 0 Å². The van der Waals surface area contributed by atoms with E-state index in [1.54, 1.807) is 0 Å². The molecule has 0 aliphatic heterocycles. The van der Waals surface area contributed by atoms with Crippen molar-refractivity contribution in [3.63, 3.8) is 0 Å². The fourth-order valence-electron chi connectivity index (χ4n) is 0.956. The minimum absolute atomic E-state index is 0.206. The Morgan fingerprint density at radius 3 is 0.947 bits per heavy atom. The predicted octanol–water partition coefficient (Wildman–Crippen LogP) is 4.59. The van der Waals surface area contributed by atoms with E-state index in [1.165, 1.54) is 0 Å². The van der Waals surface area contributed by atoms with Gasteiger partial charge < -0.3 is 13.3 Å². The van der Waals surface area contributed by atoms with E-state index in [9.17, 15) is 0 Å². The third-order valence-corrected chi connectivity index (χ3v) is 5.79. The van der Waals surface area contributed by atoms with Crippen molar-refractivity contribution >= 4 is 9.53 Å². The topological polar surface area (TPSA) is 27.7 Å². The molecule has 0 atom stereocenters. The summed E-state index contributed by atoms with van der Waals surface area (Å²) in [6.45, 7) is 18.9. The van der Waals surface area contributed by atoms with Gasteiger partial charge in [0, 0.05) is 0 Å². The quantitative estimate of drug-likeness (QED) is 0.581. The summed E-state index contributed by atoms with van der Waals surface area (Å²) in [6, 6.07) is 0. The molecule has 3 nitrogen and oxygen atoms in total. The van der Waals surface area contributed by atoms with E-state index >= 15 is 0 Å². The first-order valence-electron chi connectivity index (χ1n) is 7.41. The molecule has 0 aliphatic rings. The predicted molar refractivity (Wildman–Crippen MR) is 82.1 cm³/mol. The van der Waals surface area contributed by atoms with Gasteiger partial charge in [0.15, 0.2) is 0 Å². The number of rotatable bonds is 9. The van der Waals surface area contributed by atoms with Gasteiger partial charge in [-0.25, -0.2) is 0 Å². The van der Waals surface area contributed by atoms with E-state index in [-0.39, 0.29) is 16.8 Å². The molecule has 0 bridgehead atoms. The van der Waals surface area contributed by atoms with Crippen molar-refractivity contribution < 1.29 is 13.3 Å². The summed E-state index contributed by atoms with van der Waals surface area (Å²) >= 11 is 0. The third-order valence-electron chi connectivity index (χ3n) is 3.63. The Bertz CT molecular complexity index is 219.